The van der Waals surface area contributed by atoms with Gasteiger partial charge in [0.1, 0.15) is 6.07 Å². The summed E-state index contributed by atoms with van der Waals surface area (Å²) in [5, 5.41) is 11.7. The molecule has 114 valence electrons. The third-order valence-electron chi connectivity index (χ3n) is 2.58. The molecule has 2 heterocycles. The van der Waals surface area contributed by atoms with Gasteiger partial charge in [-0.15, -0.1) is 0 Å². The lowest BCUT2D eigenvalue weighted by Gasteiger charge is -2.07. The number of rotatable bonds is 3. The Labute approximate surface area is 128 Å². The number of nitrogens with zero attached hydrogens (tertiary/aromatic N) is 2. The molecule has 0 radical (unpaired) electrons. The second kappa shape index (κ2) is 5.90. The molecule has 2 aromatic rings. The van der Waals surface area contributed by atoms with Crippen molar-refractivity contribution in [2.24, 2.45) is 0 Å². The predicted molar refractivity (Wildman–Crippen MR) is 74.3 cm³/mol. The molecule has 4 nitrogen and oxygen atoms in total. The van der Waals surface area contributed by atoms with Crippen LogP contribution in [0.25, 0.3) is 6.08 Å². The lowest BCUT2D eigenvalue weighted by Crippen LogP contribution is -2.09. The van der Waals surface area contributed by atoms with Gasteiger partial charge < -0.3 is 0 Å². The number of pyridine rings is 1. The maximum absolute atomic E-state index is 12.4. The summed E-state index contributed by atoms with van der Waals surface area (Å²) >= 11 is 1.31. The van der Waals surface area contributed by atoms with Crippen LogP contribution in [-0.2, 0) is 16.0 Å². The van der Waals surface area contributed by atoms with Crippen LogP contribution in [0.15, 0.2) is 45.1 Å². The van der Waals surface area contributed by atoms with Gasteiger partial charge in [0.25, 0.3) is 0 Å². The van der Waals surface area contributed by atoms with Gasteiger partial charge in [0.15, 0.2) is 9.93 Å². The molecule has 0 amide bonds. The fraction of sp³-hybridized carbons (Fsp3) is 0.0769. The summed E-state index contributed by atoms with van der Waals surface area (Å²) in [5.74, 6) is 0. The van der Waals surface area contributed by atoms with Crippen LogP contribution in [-0.4, -0.2) is 13.4 Å². The van der Waals surface area contributed by atoms with Crippen molar-refractivity contribution in [3.05, 3.63) is 51.2 Å². The summed E-state index contributed by atoms with van der Waals surface area (Å²) in [5.41, 5.74) is -0.552. The van der Waals surface area contributed by atoms with Gasteiger partial charge in [-0.2, -0.15) is 29.8 Å². The van der Waals surface area contributed by atoms with Gasteiger partial charge in [0, 0.05) is 6.20 Å². The number of hydrogen-bond acceptors (Lipinski definition) is 5. The minimum Gasteiger partial charge on any atom is -0.244 e. The summed E-state index contributed by atoms with van der Waals surface area (Å²) in [6, 6.07) is 4.49. The highest BCUT2D eigenvalue weighted by Crippen LogP contribution is 2.29. The minimum absolute atomic E-state index is 0.423. The fourth-order valence-corrected chi connectivity index (χ4v) is 3.19. The second-order valence-electron chi connectivity index (χ2n) is 4.06. The number of thiophene rings is 1. The van der Waals surface area contributed by atoms with Crippen LogP contribution in [0.2, 0.25) is 0 Å². The standard InChI is InChI=1S/C13H7F3N2O2S2/c14-13(15,16)10-1-2-12(18-7-10)22(19,20)11(6-17)5-9-3-4-21-8-9/h1-5,7-8H/b11-5+. The van der Waals surface area contributed by atoms with Crippen molar-refractivity contribution in [1.82, 2.24) is 4.98 Å². The van der Waals surface area contributed by atoms with Crippen LogP contribution >= 0.6 is 11.3 Å². The zero-order valence-electron chi connectivity index (χ0n) is 10.7. The molecule has 9 heteroatoms. The van der Waals surface area contributed by atoms with Gasteiger partial charge in [-0.3, -0.25) is 0 Å². The molecule has 0 saturated heterocycles. The number of hydrogen-bond donors (Lipinski definition) is 0. The summed E-state index contributed by atoms with van der Waals surface area (Å²) in [4.78, 5) is 2.73. The van der Waals surface area contributed by atoms with E-state index in [0.29, 0.717) is 17.8 Å². The van der Waals surface area contributed by atoms with Crippen molar-refractivity contribution in [3.8, 4) is 6.07 Å². The average molecular weight is 344 g/mol. The van der Waals surface area contributed by atoms with E-state index in [1.807, 2.05) is 0 Å². The van der Waals surface area contributed by atoms with Crippen LogP contribution in [0, 0.1) is 11.3 Å². The molecule has 0 spiro atoms. The van der Waals surface area contributed by atoms with Gasteiger partial charge in [-0.25, -0.2) is 13.4 Å². The summed E-state index contributed by atoms with van der Waals surface area (Å²) in [6.07, 6.45) is -3.04. The first-order valence-electron chi connectivity index (χ1n) is 5.67. The number of sulfone groups is 1. The molecule has 0 bridgehead atoms. The molecule has 0 atom stereocenters. The van der Waals surface area contributed by atoms with Crippen LogP contribution in [0.1, 0.15) is 11.1 Å². The summed E-state index contributed by atoms with van der Waals surface area (Å²) < 4.78 is 61.8. The van der Waals surface area contributed by atoms with Gasteiger partial charge in [-0.05, 0) is 40.6 Å². The average Bonchev–Trinajstić information content (AvgIpc) is 2.96. The second-order valence-corrected chi connectivity index (χ2v) is 6.71. The molecule has 0 aliphatic heterocycles. The van der Waals surface area contributed by atoms with Crippen LogP contribution in [0.5, 0.6) is 0 Å². The van der Waals surface area contributed by atoms with Crippen LogP contribution < -0.4 is 0 Å². The predicted octanol–water partition coefficient (Wildman–Crippen LogP) is 3.50. The first kappa shape index (κ1) is 16.2. The van der Waals surface area contributed by atoms with E-state index in [2.05, 4.69) is 4.98 Å². The number of aromatic nitrogens is 1. The molecule has 0 saturated carbocycles. The monoisotopic (exact) mass is 344 g/mol. The molecule has 0 unspecified atom stereocenters. The Balaban J connectivity index is 2.44. The van der Waals surface area contributed by atoms with Crippen molar-refractivity contribution in [2.45, 2.75) is 11.2 Å². The van der Waals surface area contributed by atoms with E-state index in [9.17, 15) is 21.6 Å². The van der Waals surface area contributed by atoms with Crippen LogP contribution in [0.4, 0.5) is 13.2 Å². The Morgan fingerprint density at radius 2 is 2.05 bits per heavy atom. The lowest BCUT2D eigenvalue weighted by atomic mass is 10.3. The first-order valence-corrected chi connectivity index (χ1v) is 8.10. The van der Waals surface area contributed by atoms with E-state index < -0.39 is 31.5 Å². The van der Waals surface area contributed by atoms with E-state index in [4.69, 9.17) is 5.26 Å². The third-order valence-corrected chi connectivity index (χ3v) is 4.86. The maximum Gasteiger partial charge on any atom is 0.417 e. The number of halogens is 3. The zero-order chi connectivity index (χ0) is 16.4. The largest absolute Gasteiger partial charge is 0.417 e. The Morgan fingerprint density at radius 3 is 2.50 bits per heavy atom. The van der Waals surface area contributed by atoms with Crippen molar-refractivity contribution in [1.29, 1.82) is 5.26 Å². The van der Waals surface area contributed by atoms with Gasteiger partial charge in [0.05, 0.1) is 5.56 Å². The highest BCUT2D eigenvalue weighted by molar-refractivity contribution is 7.95. The molecule has 0 fully saturated rings. The molecule has 0 aliphatic carbocycles. The Bertz CT molecular complexity index is 831. The molecule has 2 rings (SSSR count). The van der Waals surface area contributed by atoms with Crippen molar-refractivity contribution in [3.63, 3.8) is 0 Å². The summed E-state index contributed by atoms with van der Waals surface area (Å²) in [6.45, 7) is 0. The van der Waals surface area contributed by atoms with Crippen molar-refractivity contribution in [2.75, 3.05) is 0 Å². The Morgan fingerprint density at radius 1 is 1.32 bits per heavy atom. The molecule has 0 N–H and O–H groups in total. The Kier molecular flexibility index (Phi) is 4.35. The quantitative estimate of drug-likeness (QED) is 0.799. The number of nitriles is 1. The SMILES string of the molecule is N#C/C(=C\c1ccsc1)S(=O)(=O)c1ccc(C(F)(F)F)cn1. The number of alkyl halides is 3. The van der Waals surface area contributed by atoms with E-state index in [-0.39, 0.29) is 0 Å². The molecule has 22 heavy (non-hydrogen) atoms. The molecule has 2 aromatic heterocycles. The lowest BCUT2D eigenvalue weighted by molar-refractivity contribution is -0.137. The van der Waals surface area contributed by atoms with Gasteiger partial charge >= 0.3 is 6.18 Å². The highest BCUT2D eigenvalue weighted by atomic mass is 32.2. The van der Waals surface area contributed by atoms with E-state index in [0.717, 1.165) is 12.1 Å². The minimum atomic E-state index is -4.61. The van der Waals surface area contributed by atoms with E-state index in [1.54, 1.807) is 16.8 Å². The zero-order valence-corrected chi connectivity index (χ0v) is 12.3. The van der Waals surface area contributed by atoms with Crippen molar-refractivity contribution >= 4 is 27.3 Å². The fourth-order valence-electron chi connectivity index (χ4n) is 1.50. The molecule has 0 aliphatic rings. The highest BCUT2D eigenvalue weighted by Gasteiger charge is 2.32. The number of allylic oxidation sites excluding steroid dienone is 1. The van der Waals surface area contributed by atoms with Crippen molar-refractivity contribution < 1.29 is 21.6 Å². The van der Waals surface area contributed by atoms with Gasteiger partial charge in [0.2, 0.25) is 9.84 Å². The summed E-state index contributed by atoms with van der Waals surface area (Å²) in [7, 11) is -4.26. The molecular formula is C13H7F3N2O2S2. The first-order chi connectivity index (χ1) is 10.2. The normalized spacial score (nSPS) is 12.9. The van der Waals surface area contributed by atoms with E-state index >= 15 is 0 Å². The van der Waals surface area contributed by atoms with Crippen LogP contribution in [0.3, 0.4) is 0 Å². The molecular weight excluding hydrogens is 337 g/mol. The maximum atomic E-state index is 12.4. The van der Waals surface area contributed by atoms with Gasteiger partial charge in [-0.1, -0.05) is 0 Å². The topological polar surface area (TPSA) is 70.8 Å². The third kappa shape index (κ3) is 3.35. The van der Waals surface area contributed by atoms with E-state index in [1.165, 1.54) is 17.4 Å². The smallest absolute Gasteiger partial charge is 0.244 e. The molecule has 0 aromatic carbocycles. The Hall–Kier alpha value is -2.18.